The van der Waals surface area contributed by atoms with Crippen molar-refractivity contribution in [2.45, 2.75) is 49.9 Å². The van der Waals surface area contributed by atoms with Crippen molar-refractivity contribution in [2.24, 2.45) is 0 Å². The number of anilines is 1. The Kier molecular flexibility index (Phi) is 8.59. The molecule has 0 bridgehead atoms. The van der Waals surface area contributed by atoms with Crippen molar-refractivity contribution in [3.8, 4) is 17.0 Å². The van der Waals surface area contributed by atoms with E-state index in [-0.39, 0.29) is 17.7 Å². The zero-order chi connectivity index (χ0) is 29.8. The molecule has 2 saturated heterocycles. The summed E-state index contributed by atoms with van der Waals surface area (Å²) in [6, 6.07) is 15.6. The zero-order valence-corrected chi connectivity index (χ0v) is 25.0. The molecule has 3 heterocycles. The van der Waals surface area contributed by atoms with E-state index in [2.05, 4.69) is 38.3 Å². The van der Waals surface area contributed by atoms with E-state index in [0.717, 1.165) is 61.8 Å². The van der Waals surface area contributed by atoms with Gasteiger partial charge in [-0.15, -0.1) is 11.3 Å². The lowest BCUT2D eigenvalue weighted by atomic mass is 9.80. The van der Waals surface area contributed by atoms with Crippen LogP contribution in [0.3, 0.4) is 0 Å². The van der Waals surface area contributed by atoms with Crippen LogP contribution in [0.5, 0.6) is 5.75 Å². The molecule has 0 unspecified atom stereocenters. The maximum Gasteiger partial charge on any atom is 0.252 e. The fourth-order valence-electron chi connectivity index (χ4n) is 5.68. The number of nitrogens with zero attached hydrogens (tertiary/aromatic N) is 3. The first-order chi connectivity index (χ1) is 20.9. The quantitative estimate of drug-likeness (QED) is 0.275. The maximum atomic E-state index is 13.7. The highest BCUT2D eigenvalue weighted by Gasteiger charge is 2.48. The van der Waals surface area contributed by atoms with Crippen LogP contribution in [-0.4, -0.2) is 83.6 Å². The molecule has 12 heteroatoms. The Bertz CT molecular complexity index is 1430. The Hall–Kier alpha value is -4.00. The second-order valence-electron chi connectivity index (χ2n) is 11.4. The molecule has 0 spiro atoms. The Labute approximate surface area is 255 Å². The average molecular weight is 604 g/mol. The first-order valence-electron chi connectivity index (χ1n) is 14.8. The van der Waals surface area contributed by atoms with Crippen molar-refractivity contribution >= 4 is 34.2 Å². The number of nitrogens with one attached hydrogen (secondary N) is 4. The molecule has 3 aromatic rings. The van der Waals surface area contributed by atoms with E-state index in [9.17, 15) is 14.4 Å². The van der Waals surface area contributed by atoms with Crippen LogP contribution in [0.2, 0.25) is 0 Å². The SMILES string of the molecule is CN1CCN(Nc2nc(-c3ccc(C(=O)NC4(C(=O)N[C@@H]5C(=O)N[C@H]5Oc5ccccc5)CCCCC4)cc3)cs2)CC1. The van der Waals surface area contributed by atoms with Gasteiger partial charge in [0.1, 0.15) is 11.3 Å². The molecule has 1 aromatic heterocycles. The van der Waals surface area contributed by atoms with Gasteiger partial charge in [-0.3, -0.25) is 19.8 Å². The smallest absolute Gasteiger partial charge is 0.252 e. The first kappa shape index (κ1) is 29.1. The zero-order valence-electron chi connectivity index (χ0n) is 24.2. The van der Waals surface area contributed by atoms with Crippen molar-refractivity contribution in [3.63, 3.8) is 0 Å². The number of carbonyl (C=O) groups excluding carboxylic acids is 3. The molecule has 2 aliphatic heterocycles. The largest absolute Gasteiger partial charge is 0.468 e. The van der Waals surface area contributed by atoms with Gasteiger partial charge in [0.15, 0.2) is 11.2 Å². The van der Waals surface area contributed by atoms with Gasteiger partial charge in [0.25, 0.3) is 11.8 Å². The summed E-state index contributed by atoms with van der Waals surface area (Å²) >= 11 is 1.55. The normalized spacial score (nSPS) is 22.1. The predicted molar refractivity (Wildman–Crippen MR) is 164 cm³/mol. The van der Waals surface area contributed by atoms with Gasteiger partial charge in [-0.1, -0.05) is 49.6 Å². The Morgan fingerprint density at radius 2 is 1.72 bits per heavy atom. The summed E-state index contributed by atoms with van der Waals surface area (Å²) in [5, 5.41) is 13.6. The molecule has 2 atom stereocenters. The molecular formula is C31H37N7O4S. The third-order valence-corrected chi connectivity index (χ3v) is 9.11. The molecular weight excluding hydrogens is 566 g/mol. The van der Waals surface area contributed by atoms with E-state index in [1.165, 1.54) is 0 Å². The number of hydrazine groups is 1. The average Bonchev–Trinajstić information content (AvgIpc) is 3.50. The lowest BCUT2D eigenvalue weighted by Crippen LogP contribution is -2.74. The van der Waals surface area contributed by atoms with Crippen molar-refractivity contribution in [1.29, 1.82) is 0 Å². The number of hydrogen-bond donors (Lipinski definition) is 4. The molecule has 1 aliphatic carbocycles. The lowest BCUT2D eigenvalue weighted by Gasteiger charge is -2.41. The van der Waals surface area contributed by atoms with Crippen LogP contribution in [0.1, 0.15) is 42.5 Å². The van der Waals surface area contributed by atoms with Crippen LogP contribution in [-0.2, 0) is 9.59 Å². The third kappa shape index (κ3) is 6.66. The molecule has 43 heavy (non-hydrogen) atoms. The Morgan fingerprint density at radius 3 is 2.42 bits per heavy atom. The van der Waals surface area contributed by atoms with Gasteiger partial charge in [-0.05, 0) is 44.2 Å². The van der Waals surface area contributed by atoms with Crippen molar-refractivity contribution in [2.75, 3.05) is 38.7 Å². The number of rotatable bonds is 9. The van der Waals surface area contributed by atoms with Gasteiger partial charge >= 0.3 is 0 Å². The number of aromatic nitrogens is 1. The van der Waals surface area contributed by atoms with Crippen molar-refractivity contribution in [1.82, 2.24) is 30.8 Å². The van der Waals surface area contributed by atoms with Gasteiger partial charge in [-0.25, -0.2) is 9.99 Å². The monoisotopic (exact) mass is 603 g/mol. The van der Waals surface area contributed by atoms with E-state index in [4.69, 9.17) is 9.72 Å². The third-order valence-electron chi connectivity index (χ3n) is 8.36. The van der Waals surface area contributed by atoms with Gasteiger partial charge in [0.2, 0.25) is 12.1 Å². The number of carbonyl (C=O) groups is 3. The molecule has 3 aliphatic rings. The summed E-state index contributed by atoms with van der Waals surface area (Å²) in [6.45, 7) is 3.89. The molecule has 4 N–H and O–H groups in total. The number of benzene rings is 2. The fourth-order valence-corrected chi connectivity index (χ4v) is 6.42. The van der Waals surface area contributed by atoms with Crippen LogP contribution in [0, 0.1) is 0 Å². The fraction of sp³-hybridized carbons (Fsp3) is 0.419. The maximum absolute atomic E-state index is 13.7. The van der Waals surface area contributed by atoms with Gasteiger partial charge < -0.3 is 25.6 Å². The number of likely N-dealkylation sites (N-methyl/N-ethyl adjacent to an activating group) is 1. The Morgan fingerprint density at radius 1 is 1.00 bits per heavy atom. The number of β-lactam (4-membered cyclic amide) rings is 1. The highest BCUT2D eigenvalue weighted by molar-refractivity contribution is 7.14. The lowest BCUT2D eigenvalue weighted by molar-refractivity contribution is -0.145. The van der Waals surface area contributed by atoms with Gasteiger partial charge in [0.05, 0.1) is 5.69 Å². The number of thiazole rings is 1. The minimum Gasteiger partial charge on any atom is -0.468 e. The molecule has 3 fully saturated rings. The first-order valence-corrected chi connectivity index (χ1v) is 15.7. The summed E-state index contributed by atoms with van der Waals surface area (Å²) in [7, 11) is 2.12. The van der Waals surface area contributed by atoms with Crippen molar-refractivity contribution in [3.05, 3.63) is 65.5 Å². The second-order valence-corrected chi connectivity index (χ2v) is 12.3. The van der Waals surface area contributed by atoms with Gasteiger partial charge in [0, 0.05) is 42.7 Å². The van der Waals surface area contributed by atoms with Crippen LogP contribution in [0.15, 0.2) is 60.0 Å². The molecule has 2 aromatic carbocycles. The molecule has 11 nitrogen and oxygen atoms in total. The van der Waals surface area contributed by atoms with E-state index < -0.39 is 17.8 Å². The van der Waals surface area contributed by atoms with E-state index in [1.54, 1.807) is 35.6 Å². The van der Waals surface area contributed by atoms with Crippen LogP contribution in [0.4, 0.5) is 5.13 Å². The standard InChI is InChI=1S/C31H37N7O4S/c1-37-16-18-38(19-17-37)36-30-32-24(20-43-30)21-10-12-22(13-11-21)26(39)35-31(14-6-3-7-15-31)29(41)33-25-27(40)34-28(25)42-23-8-4-2-5-9-23/h2,4-5,8-13,20,25,28H,3,6-7,14-19H2,1H3,(H,32,36)(H,33,41)(H,34,40)(H,35,39)/t25-,28+/m1/s1. The van der Waals surface area contributed by atoms with Crippen LogP contribution in [0.25, 0.3) is 11.3 Å². The number of hydrogen-bond acceptors (Lipinski definition) is 9. The number of ether oxygens (including phenoxy) is 1. The predicted octanol–water partition coefficient (Wildman–Crippen LogP) is 2.84. The molecule has 0 radical (unpaired) electrons. The highest BCUT2D eigenvalue weighted by Crippen LogP contribution is 2.30. The van der Waals surface area contributed by atoms with E-state index in [0.29, 0.717) is 24.2 Å². The topological polar surface area (TPSA) is 128 Å². The number of para-hydroxylation sites is 1. The molecule has 226 valence electrons. The minimum atomic E-state index is -1.10. The van der Waals surface area contributed by atoms with E-state index in [1.807, 2.05) is 35.7 Å². The summed E-state index contributed by atoms with van der Waals surface area (Å²) in [6.07, 6.45) is 2.93. The summed E-state index contributed by atoms with van der Waals surface area (Å²) in [5.41, 5.74) is 4.50. The molecule has 1 saturated carbocycles. The second kappa shape index (κ2) is 12.7. The molecule has 3 amide bonds. The summed E-state index contributed by atoms with van der Waals surface area (Å²) in [4.78, 5) is 46.5. The van der Waals surface area contributed by atoms with Gasteiger partial charge in [-0.2, -0.15) is 0 Å². The minimum absolute atomic E-state index is 0.314. The summed E-state index contributed by atoms with van der Waals surface area (Å²) in [5.74, 6) is -0.405. The van der Waals surface area contributed by atoms with E-state index >= 15 is 0 Å². The highest BCUT2D eigenvalue weighted by atomic mass is 32.1. The Balaban J connectivity index is 1.09. The van der Waals surface area contributed by atoms with Crippen molar-refractivity contribution < 1.29 is 19.1 Å². The summed E-state index contributed by atoms with van der Waals surface area (Å²) < 4.78 is 5.85. The number of amides is 3. The number of piperazine rings is 1. The van der Waals surface area contributed by atoms with Crippen LogP contribution >= 0.6 is 11.3 Å². The molecule has 6 rings (SSSR count). The van der Waals surface area contributed by atoms with Crippen LogP contribution < -0.4 is 26.1 Å².